The van der Waals surface area contributed by atoms with Crippen LogP contribution in [-0.2, 0) is 6.54 Å². The molecule has 2 rings (SSSR count). The second-order valence-electron chi connectivity index (χ2n) is 3.81. The van der Waals surface area contributed by atoms with Crippen LogP contribution in [0.5, 0.6) is 0 Å². The average Bonchev–Trinajstić information content (AvgIpc) is 2.89. The molecule has 0 aliphatic heterocycles. The summed E-state index contributed by atoms with van der Waals surface area (Å²) >= 11 is 0. The van der Waals surface area contributed by atoms with Crippen molar-refractivity contribution in [2.24, 2.45) is 0 Å². The second kappa shape index (κ2) is 5.68. The van der Waals surface area contributed by atoms with Gasteiger partial charge in [0.15, 0.2) is 5.82 Å². The number of hydrogen-bond acceptors (Lipinski definition) is 5. The fraction of sp³-hybridized carbons (Fsp3) is 0.250. The SMILES string of the molecule is N#Cc1ccnc(NCCCn2ccnc2)c1N. The molecule has 0 unspecified atom stereocenters. The molecular formula is C12H14N6. The Labute approximate surface area is 105 Å². The molecule has 0 aromatic carbocycles. The van der Waals surface area contributed by atoms with Gasteiger partial charge in [-0.15, -0.1) is 0 Å². The van der Waals surface area contributed by atoms with Crippen LogP contribution >= 0.6 is 0 Å². The molecule has 92 valence electrons. The highest BCUT2D eigenvalue weighted by molar-refractivity contribution is 5.68. The van der Waals surface area contributed by atoms with E-state index in [0.717, 1.165) is 19.5 Å². The minimum Gasteiger partial charge on any atom is -0.395 e. The first-order valence-electron chi connectivity index (χ1n) is 5.65. The summed E-state index contributed by atoms with van der Waals surface area (Å²) in [5.74, 6) is 0.569. The molecule has 0 aliphatic carbocycles. The summed E-state index contributed by atoms with van der Waals surface area (Å²) < 4.78 is 2.00. The third kappa shape index (κ3) is 2.77. The summed E-state index contributed by atoms with van der Waals surface area (Å²) in [6.07, 6.45) is 7.95. The summed E-state index contributed by atoms with van der Waals surface area (Å²) in [6, 6.07) is 3.63. The lowest BCUT2D eigenvalue weighted by Gasteiger charge is -2.09. The van der Waals surface area contributed by atoms with Crippen molar-refractivity contribution in [2.75, 3.05) is 17.6 Å². The monoisotopic (exact) mass is 242 g/mol. The summed E-state index contributed by atoms with van der Waals surface area (Å²) in [7, 11) is 0. The van der Waals surface area contributed by atoms with Crippen molar-refractivity contribution in [3.63, 3.8) is 0 Å². The fourth-order valence-corrected chi connectivity index (χ4v) is 1.60. The topological polar surface area (TPSA) is 92.5 Å². The van der Waals surface area contributed by atoms with Crippen molar-refractivity contribution in [2.45, 2.75) is 13.0 Å². The van der Waals surface area contributed by atoms with Gasteiger partial charge in [0.05, 0.1) is 17.6 Å². The van der Waals surface area contributed by atoms with E-state index >= 15 is 0 Å². The molecule has 6 nitrogen and oxygen atoms in total. The number of imidazole rings is 1. The van der Waals surface area contributed by atoms with Crippen molar-refractivity contribution in [1.29, 1.82) is 5.26 Å². The number of nitrogens with zero attached hydrogens (tertiary/aromatic N) is 4. The van der Waals surface area contributed by atoms with Gasteiger partial charge in [-0.3, -0.25) is 0 Å². The van der Waals surface area contributed by atoms with Gasteiger partial charge in [0.25, 0.3) is 0 Å². The Morgan fingerprint density at radius 2 is 2.33 bits per heavy atom. The van der Waals surface area contributed by atoms with Gasteiger partial charge in [0.2, 0.25) is 0 Å². The maximum absolute atomic E-state index is 8.84. The Bertz CT molecular complexity index is 540. The van der Waals surface area contributed by atoms with Crippen molar-refractivity contribution in [3.05, 3.63) is 36.5 Å². The Morgan fingerprint density at radius 1 is 1.44 bits per heavy atom. The maximum atomic E-state index is 8.84. The molecule has 2 aromatic heterocycles. The molecule has 6 heteroatoms. The smallest absolute Gasteiger partial charge is 0.150 e. The number of aryl methyl sites for hydroxylation is 1. The van der Waals surface area contributed by atoms with Gasteiger partial charge in [-0.2, -0.15) is 5.26 Å². The minimum atomic E-state index is 0.405. The van der Waals surface area contributed by atoms with Crippen LogP contribution in [0.15, 0.2) is 31.0 Å². The van der Waals surface area contributed by atoms with Crippen LogP contribution in [0, 0.1) is 11.3 Å². The number of pyridine rings is 1. The van der Waals surface area contributed by atoms with Gasteiger partial charge in [-0.05, 0) is 12.5 Å². The lowest BCUT2D eigenvalue weighted by atomic mass is 10.2. The molecule has 0 atom stereocenters. The van der Waals surface area contributed by atoms with Crippen LogP contribution in [0.3, 0.4) is 0 Å². The van der Waals surface area contributed by atoms with E-state index in [1.807, 2.05) is 16.8 Å². The zero-order valence-electron chi connectivity index (χ0n) is 9.87. The molecule has 0 amide bonds. The lowest BCUT2D eigenvalue weighted by Crippen LogP contribution is -2.09. The fourth-order valence-electron chi connectivity index (χ4n) is 1.60. The molecule has 2 aromatic rings. The molecule has 18 heavy (non-hydrogen) atoms. The van der Waals surface area contributed by atoms with E-state index in [4.69, 9.17) is 11.0 Å². The average molecular weight is 242 g/mol. The zero-order valence-corrected chi connectivity index (χ0v) is 9.87. The van der Waals surface area contributed by atoms with Gasteiger partial charge < -0.3 is 15.6 Å². The van der Waals surface area contributed by atoms with Crippen molar-refractivity contribution in [1.82, 2.24) is 14.5 Å². The number of rotatable bonds is 5. The van der Waals surface area contributed by atoms with Crippen LogP contribution in [0.1, 0.15) is 12.0 Å². The largest absolute Gasteiger partial charge is 0.395 e. The van der Waals surface area contributed by atoms with Crippen LogP contribution in [-0.4, -0.2) is 21.1 Å². The van der Waals surface area contributed by atoms with E-state index in [1.165, 1.54) is 0 Å². The number of nitrogen functional groups attached to an aromatic ring is 1. The molecule has 0 radical (unpaired) electrons. The Morgan fingerprint density at radius 3 is 3.06 bits per heavy atom. The number of nitrogens with one attached hydrogen (secondary N) is 1. The molecule has 3 N–H and O–H groups in total. The third-order valence-electron chi connectivity index (χ3n) is 2.56. The molecule has 0 bridgehead atoms. The van der Waals surface area contributed by atoms with Crippen LogP contribution in [0.25, 0.3) is 0 Å². The summed E-state index contributed by atoms with van der Waals surface area (Å²) in [6.45, 7) is 1.62. The molecule has 0 saturated carbocycles. The summed E-state index contributed by atoms with van der Waals surface area (Å²) in [4.78, 5) is 8.09. The van der Waals surface area contributed by atoms with E-state index in [1.54, 1.807) is 24.8 Å². The van der Waals surface area contributed by atoms with E-state index in [-0.39, 0.29) is 0 Å². The van der Waals surface area contributed by atoms with Gasteiger partial charge in [0, 0.05) is 31.7 Å². The van der Waals surface area contributed by atoms with Gasteiger partial charge in [-0.1, -0.05) is 0 Å². The summed E-state index contributed by atoms with van der Waals surface area (Å²) in [5.41, 5.74) is 6.66. The molecule has 0 aliphatic rings. The van der Waals surface area contributed by atoms with E-state index < -0.39 is 0 Å². The highest BCUT2D eigenvalue weighted by Gasteiger charge is 2.04. The molecule has 0 saturated heterocycles. The van der Waals surface area contributed by atoms with Crippen LogP contribution < -0.4 is 11.1 Å². The first-order chi connectivity index (χ1) is 8.81. The quantitative estimate of drug-likeness (QED) is 0.769. The van der Waals surface area contributed by atoms with Gasteiger partial charge in [-0.25, -0.2) is 9.97 Å². The maximum Gasteiger partial charge on any atom is 0.150 e. The van der Waals surface area contributed by atoms with Crippen LogP contribution in [0.2, 0.25) is 0 Å². The number of aromatic nitrogens is 3. The van der Waals surface area contributed by atoms with Crippen molar-refractivity contribution < 1.29 is 0 Å². The molecule has 2 heterocycles. The number of hydrogen-bond donors (Lipinski definition) is 2. The van der Waals surface area contributed by atoms with Crippen LogP contribution in [0.4, 0.5) is 11.5 Å². The van der Waals surface area contributed by atoms with E-state index in [0.29, 0.717) is 17.1 Å². The number of anilines is 2. The van der Waals surface area contributed by atoms with Crippen molar-refractivity contribution in [3.8, 4) is 6.07 Å². The van der Waals surface area contributed by atoms with Gasteiger partial charge >= 0.3 is 0 Å². The Hall–Kier alpha value is -2.55. The predicted molar refractivity (Wildman–Crippen MR) is 68.7 cm³/mol. The minimum absolute atomic E-state index is 0.405. The van der Waals surface area contributed by atoms with E-state index in [2.05, 4.69) is 15.3 Å². The van der Waals surface area contributed by atoms with E-state index in [9.17, 15) is 0 Å². The first kappa shape index (κ1) is 11.9. The predicted octanol–water partition coefficient (Wildman–Crippen LogP) is 1.23. The number of nitrogens with two attached hydrogens (primary N) is 1. The third-order valence-corrected chi connectivity index (χ3v) is 2.56. The summed E-state index contributed by atoms with van der Waals surface area (Å²) in [5, 5.41) is 12.0. The van der Waals surface area contributed by atoms with Gasteiger partial charge in [0.1, 0.15) is 6.07 Å². The zero-order chi connectivity index (χ0) is 12.8. The lowest BCUT2D eigenvalue weighted by molar-refractivity contribution is 0.660. The second-order valence-corrected chi connectivity index (χ2v) is 3.81. The molecular weight excluding hydrogens is 228 g/mol. The highest BCUT2D eigenvalue weighted by Crippen LogP contribution is 2.18. The van der Waals surface area contributed by atoms with Crippen molar-refractivity contribution >= 4 is 11.5 Å². The molecule has 0 fully saturated rings. The Balaban J connectivity index is 1.85. The Kier molecular flexibility index (Phi) is 3.76. The standard InChI is InChI=1S/C12H14N6/c13-8-10-2-4-17-12(11(10)14)16-3-1-6-18-7-5-15-9-18/h2,4-5,7,9H,1,3,6,14H2,(H,16,17). The highest BCUT2D eigenvalue weighted by atomic mass is 15.0. The molecule has 0 spiro atoms. The number of nitriles is 1. The normalized spacial score (nSPS) is 9.94. The first-order valence-corrected chi connectivity index (χ1v) is 5.65.